The zero-order valence-electron chi connectivity index (χ0n) is 14.5. The molecule has 1 unspecified atom stereocenters. The summed E-state index contributed by atoms with van der Waals surface area (Å²) >= 11 is 0. The van der Waals surface area contributed by atoms with Crippen LogP contribution < -0.4 is 0 Å². The van der Waals surface area contributed by atoms with Gasteiger partial charge < -0.3 is 9.64 Å². The van der Waals surface area contributed by atoms with Gasteiger partial charge in [-0.1, -0.05) is 6.92 Å². The van der Waals surface area contributed by atoms with Crippen molar-refractivity contribution in [1.29, 1.82) is 0 Å². The number of amides is 1. The summed E-state index contributed by atoms with van der Waals surface area (Å²) in [6, 6.07) is 1.93. The first-order valence-electron chi connectivity index (χ1n) is 8.06. The van der Waals surface area contributed by atoms with E-state index in [1.54, 1.807) is 27.2 Å². The Labute approximate surface area is 143 Å². The summed E-state index contributed by atoms with van der Waals surface area (Å²) < 4.78 is 31.2. The van der Waals surface area contributed by atoms with Gasteiger partial charge in [-0.25, -0.2) is 8.42 Å². The second-order valence-electron chi connectivity index (χ2n) is 6.20. The molecule has 1 amide bonds. The number of likely N-dealkylation sites (N-methyl/N-ethyl adjacent to an activating group) is 1. The van der Waals surface area contributed by atoms with Crippen molar-refractivity contribution in [1.82, 2.24) is 19.6 Å². The van der Waals surface area contributed by atoms with E-state index in [2.05, 4.69) is 10.00 Å². The van der Waals surface area contributed by atoms with Crippen molar-refractivity contribution in [2.75, 3.05) is 45.3 Å². The van der Waals surface area contributed by atoms with E-state index in [9.17, 15) is 13.2 Å². The summed E-state index contributed by atoms with van der Waals surface area (Å²) in [5, 5.41) is 4.29. The number of carbonyl (C=O) groups excluding carboxylic acids is 1. The monoisotopic (exact) mass is 358 g/mol. The van der Waals surface area contributed by atoms with E-state index in [1.807, 2.05) is 10.7 Å². The van der Waals surface area contributed by atoms with E-state index in [0.29, 0.717) is 26.2 Å². The van der Waals surface area contributed by atoms with Gasteiger partial charge >= 0.3 is 0 Å². The van der Waals surface area contributed by atoms with Gasteiger partial charge in [-0.15, -0.1) is 0 Å². The van der Waals surface area contributed by atoms with Crippen LogP contribution in [0.4, 0.5) is 0 Å². The van der Waals surface area contributed by atoms with E-state index in [-0.39, 0.29) is 30.1 Å². The van der Waals surface area contributed by atoms with Gasteiger partial charge in [0.2, 0.25) is 5.91 Å². The Bertz CT molecular complexity index is 656. The van der Waals surface area contributed by atoms with Gasteiger partial charge in [0.1, 0.15) is 6.61 Å². The van der Waals surface area contributed by atoms with Crippen molar-refractivity contribution in [2.45, 2.75) is 26.1 Å². The predicted octanol–water partition coefficient (Wildman–Crippen LogP) is -0.393. The molecule has 0 aromatic carbocycles. The van der Waals surface area contributed by atoms with Crippen molar-refractivity contribution in [3.63, 3.8) is 0 Å². The van der Waals surface area contributed by atoms with Crippen LogP contribution in [-0.4, -0.2) is 85.3 Å². The Kier molecular flexibility index (Phi) is 6.36. The number of hydrogen-bond donors (Lipinski definition) is 0. The third kappa shape index (κ3) is 5.29. The van der Waals surface area contributed by atoms with Crippen LogP contribution in [0.5, 0.6) is 0 Å². The maximum atomic E-state index is 11.8. The number of fused-ring (bicyclic) bond motifs is 1. The van der Waals surface area contributed by atoms with Gasteiger partial charge in [0.05, 0.1) is 24.1 Å². The Morgan fingerprint density at radius 1 is 1.42 bits per heavy atom. The third-order valence-corrected chi connectivity index (χ3v) is 5.81. The highest BCUT2D eigenvalue weighted by molar-refractivity contribution is 7.91. The summed E-state index contributed by atoms with van der Waals surface area (Å²) in [5.74, 6) is 0.178. The number of hydrogen-bond acceptors (Lipinski definition) is 6. The smallest absolute Gasteiger partial charge is 0.248 e. The summed E-state index contributed by atoms with van der Waals surface area (Å²) in [5.41, 5.74) is 1.02. The highest BCUT2D eigenvalue weighted by atomic mass is 32.2. The fraction of sp³-hybridized carbons (Fsp3) is 0.733. The van der Waals surface area contributed by atoms with Crippen molar-refractivity contribution < 1.29 is 17.9 Å². The lowest BCUT2D eigenvalue weighted by atomic mass is 10.3. The topological polar surface area (TPSA) is 84.7 Å². The molecule has 0 saturated heterocycles. The molecular weight excluding hydrogens is 332 g/mol. The average molecular weight is 358 g/mol. The van der Waals surface area contributed by atoms with E-state index in [0.717, 1.165) is 5.69 Å². The first kappa shape index (κ1) is 18.9. The SMILES string of the molecule is CCS(=O)(=O)CCN1Cc2ccnn2CC(OCC(=O)N(C)C)C1. The highest BCUT2D eigenvalue weighted by Gasteiger charge is 2.24. The van der Waals surface area contributed by atoms with Crippen LogP contribution in [0.25, 0.3) is 0 Å². The van der Waals surface area contributed by atoms with Crippen LogP contribution in [0.3, 0.4) is 0 Å². The molecule has 8 nitrogen and oxygen atoms in total. The van der Waals surface area contributed by atoms with Gasteiger partial charge in [0.25, 0.3) is 0 Å². The molecule has 24 heavy (non-hydrogen) atoms. The predicted molar refractivity (Wildman–Crippen MR) is 90.3 cm³/mol. The maximum Gasteiger partial charge on any atom is 0.248 e. The van der Waals surface area contributed by atoms with Gasteiger partial charge in [-0.2, -0.15) is 5.10 Å². The minimum Gasteiger partial charge on any atom is -0.365 e. The lowest BCUT2D eigenvalue weighted by molar-refractivity contribution is -0.136. The van der Waals surface area contributed by atoms with Gasteiger partial charge in [0.15, 0.2) is 9.84 Å². The molecule has 0 aliphatic carbocycles. The number of nitrogens with zero attached hydrogens (tertiary/aromatic N) is 4. The van der Waals surface area contributed by atoms with Crippen LogP contribution in [0.1, 0.15) is 12.6 Å². The first-order valence-corrected chi connectivity index (χ1v) is 9.88. The normalized spacial score (nSPS) is 18.9. The van der Waals surface area contributed by atoms with Crippen molar-refractivity contribution in [3.05, 3.63) is 18.0 Å². The maximum absolute atomic E-state index is 11.8. The number of rotatable bonds is 7. The summed E-state index contributed by atoms with van der Waals surface area (Å²) in [6.07, 6.45) is 1.52. The van der Waals surface area contributed by atoms with Crippen LogP contribution in [0, 0.1) is 0 Å². The zero-order valence-corrected chi connectivity index (χ0v) is 15.3. The fourth-order valence-electron chi connectivity index (χ4n) is 2.50. The molecule has 2 heterocycles. The first-order chi connectivity index (χ1) is 11.3. The Balaban J connectivity index is 2.02. The molecule has 0 radical (unpaired) electrons. The largest absolute Gasteiger partial charge is 0.365 e. The van der Waals surface area contributed by atoms with Gasteiger partial charge in [-0.3, -0.25) is 14.4 Å². The van der Waals surface area contributed by atoms with E-state index < -0.39 is 9.84 Å². The second kappa shape index (κ2) is 8.09. The quantitative estimate of drug-likeness (QED) is 0.660. The number of aromatic nitrogens is 2. The van der Waals surface area contributed by atoms with E-state index >= 15 is 0 Å². The summed E-state index contributed by atoms with van der Waals surface area (Å²) in [7, 11) is 0.359. The third-order valence-electron chi connectivity index (χ3n) is 4.13. The van der Waals surface area contributed by atoms with Crippen LogP contribution in [0.2, 0.25) is 0 Å². The number of sulfone groups is 1. The lowest BCUT2D eigenvalue weighted by Crippen LogP contribution is -2.38. The lowest BCUT2D eigenvalue weighted by Gasteiger charge is -2.24. The summed E-state index contributed by atoms with van der Waals surface area (Å²) in [6.45, 7) is 3.87. The molecule has 1 aliphatic heterocycles. The molecule has 0 fully saturated rings. The molecule has 0 saturated carbocycles. The minimum absolute atomic E-state index is 0.00929. The van der Waals surface area contributed by atoms with Crippen molar-refractivity contribution in [2.24, 2.45) is 0 Å². The summed E-state index contributed by atoms with van der Waals surface area (Å²) in [4.78, 5) is 15.3. The second-order valence-corrected chi connectivity index (χ2v) is 8.67. The number of carbonyl (C=O) groups is 1. The fourth-order valence-corrected chi connectivity index (χ4v) is 3.32. The van der Waals surface area contributed by atoms with Crippen molar-refractivity contribution in [3.8, 4) is 0 Å². The van der Waals surface area contributed by atoms with Crippen LogP contribution >= 0.6 is 0 Å². The molecule has 136 valence electrons. The molecule has 1 aromatic heterocycles. The molecule has 9 heteroatoms. The van der Waals surface area contributed by atoms with E-state index in [1.165, 1.54) is 4.90 Å². The molecule has 1 atom stereocenters. The molecule has 2 rings (SSSR count). The zero-order chi connectivity index (χ0) is 17.7. The molecule has 1 aliphatic rings. The average Bonchev–Trinajstić information content (AvgIpc) is 2.89. The Morgan fingerprint density at radius 2 is 2.17 bits per heavy atom. The molecule has 0 spiro atoms. The van der Waals surface area contributed by atoms with Crippen molar-refractivity contribution >= 4 is 15.7 Å². The molecule has 0 N–H and O–H groups in total. The van der Waals surface area contributed by atoms with E-state index in [4.69, 9.17) is 4.74 Å². The minimum atomic E-state index is -3.01. The van der Waals surface area contributed by atoms with Gasteiger partial charge in [0, 0.05) is 45.7 Å². The standard InChI is InChI=1S/C15H26N4O4S/c1-4-24(21,22)8-7-18-9-13-5-6-16-19(13)11-14(10-18)23-12-15(20)17(2)3/h5-6,14H,4,7-12H2,1-3H3. The van der Waals surface area contributed by atoms with Crippen LogP contribution in [-0.2, 0) is 32.5 Å². The Hall–Kier alpha value is -1.45. The molecule has 0 bridgehead atoms. The van der Waals surface area contributed by atoms with Crippen LogP contribution in [0.15, 0.2) is 12.3 Å². The Morgan fingerprint density at radius 3 is 2.83 bits per heavy atom. The van der Waals surface area contributed by atoms with Gasteiger partial charge in [-0.05, 0) is 6.07 Å². The highest BCUT2D eigenvalue weighted by Crippen LogP contribution is 2.14. The molecule has 1 aromatic rings. The molecular formula is C15H26N4O4S. The number of ether oxygens (including phenoxy) is 1.